The van der Waals surface area contributed by atoms with Gasteiger partial charge in [-0.25, -0.2) is 0 Å². The van der Waals surface area contributed by atoms with Crippen LogP contribution in [0.2, 0.25) is 0 Å². The fourth-order valence-electron chi connectivity index (χ4n) is 2.02. The topological polar surface area (TPSA) is 35.5 Å². The molecule has 0 amide bonds. The SMILES string of the molecule is CC(C)(C)Oc1ccc([C@@H]2C[C@H]2C(=O)OI)cc1. The van der Waals surface area contributed by atoms with Crippen molar-refractivity contribution < 1.29 is 12.6 Å². The van der Waals surface area contributed by atoms with Crippen LogP contribution in [0.3, 0.4) is 0 Å². The molecule has 0 radical (unpaired) electrons. The van der Waals surface area contributed by atoms with Gasteiger partial charge in [-0.05, 0) is 50.8 Å². The number of benzene rings is 1. The van der Waals surface area contributed by atoms with Crippen molar-refractivity contribution in [2.24, 2.45) is 5.92 Å². The molecule has 0 spiro atoms. The van der Waals surface area contributed by atoms with E-state index in [1.54, 1.807) is 23.0 Å². The molecular formula is C14H17IO3. The molecule has 1 aromatic rings. The molecule has 1 aliphatic carbocycles. The van der Waals surface area contributed by atoms with E-state index in [4.69, 9.17) is 7.80 Å². The van der Waals surface area contributed by atoms with E-state index in [1.807, 2.05) is 45.0 Å². The highest BCUT2D eigenvalue weighted by Gasteiger charge is 2.45. The van der Waals surface area contributed by atoms with Gasteiger partial charge < -0.3 is 7.80 Å². The van der Waals surface area contributed by atoms with E-state index in [9.17, 15) is 4.79 Å². The van der Waals surface area contributed by atoms with E-state index >= 15 is 0 Å². The highest BCUT2D eigenvalue weighted by atomic mass is 127. The maximum Gasteiger partial charge on any atom is 0.318 e. The lowest BCUT2D eigenvalue weighted by molar-refractivity contribution is -0.132. The van der Waals surface area contributed by atoms with Crippen molar-refractivity contribution in [1.82, 2.24) is 0 Å². The van der Waals surface area contributed by atoms with Crippen LogP contribution in [-0.2, 0) is 7.86 Å². The molecule has 1 aromatic carbocycles. The second-order valence-electron chi connectivity index (χ2n) is 5.63. The van der Waals surface area contributed by atoms with Crippen molar-refractivity contribution in [3.63, 3.8) is 0 Å². The molecule has 0 bridgehead atoms. The molecule has 18 heavy (non-hydrogen) atoms. The first-order valence-corrected chi connectivity index (χ1v) is 6.90. The van der Waals surface area contributed by atoms with Gasteiger partial charge in [0.1, 0.15) is 11.4 Å². The predicted octanol–water partition coefficient (Wildman–Crippen LogP) is 3.86. The second-order valence-corrected chi connectivity index (χ2v) is 6.07. The molecule has 1 saturated carbocycles. The maximum atomic E-state index is 11.4. The lowest BCUT2D eigenvalue weighted by Gasteiger charge is -2.21. The van der Waals surface area contributed by atoms with Crippen LogP contribution in [0.4, 0.5) is 0 Å². The molecule has 0 unspecified atom stereocenters. The van der Waals surface area contributed by atoms with Crippen molar-refractivity contribution in [2.45, 2.75) is 38.7 Å². The Hall–Kier alpha value is -0.780. The zero-order valence-corrected chi connectivity index (χ0v) is 12.9. The molecule has 4 heteroatoms. The molecule has 0 aromatic heterocycles. The van der Waals surface area contributed by atoms with Crippen LogP contribution in [0.1, 0.15) is 38.7 Å². The Kier molecular flexibility index (Phi) is 3.84. The van der Waals surface area contributed by atoms with E-state index in [-0.39, 0.29) is 17.5 Å². The van der Waals surface area contributed by atoms with E-state index in [2.05, 4.69) is 0 Å². The molecule has 2 rings (SSSR count). The number of carbonyl (C=O) groups excluding carboxylic acids is 1. The monoisotopic (exact) mass is 360 g/mol. The van der Waals surface area contributed by atoms with Gasteiger partial charge in [-0.15, -0.1) is 0 Å². The third kappa shape index (κ3) is 3.37. The highest BCUT2D eigenvalue weighted by molar-refractivity contribution is 14.1. The summed E-state index contributed by atoms with van der Waals surface area (Å²) in [6.07, 6.45) is 0.890. The van der Waals surface area contributed by atoms with Crippen molar-refractivity contribution >= 4 is 29.0 Å². The fraction of sp³-hybridized carbons (Fsp3) is 0.500. The minimum Gasteiger partial charge on any atom is -0.488 e. The van der Waals surface area contributed by atoms with E-state index in [1.165, 1.54) is 5.56 Å². The van der Waals surface area contributed by atoms with Crippen molar-refractivity contribution in [1.29, 1.82) is 0 Å². The first-order valence-electron chi connectivity index (χ1n) is 6.02. The quantitative estimate of drug-likeness (QED) is 0.768. The summed E-state index contributed by atoms with van der Waals surface area (Å²) in [6, 6.07) is 8.00. The summed E-state index contributed by atoms with van der Waals surface area (Å²) in [5.74, 6) is 1.10. The van der Waals surface area contributed by atoms with Crippen LogP contribution in [0.5, 0.6) is 5.75 Å². The molecule has 0 saturated heterocycles. The molecular weight excluding hydrogens is 343 g/mol. The summed E-state index contributed by atoms with van der Waals surface area (Å²) in [5.41, 5.74) is 0.998. The summed E-state index contributed by atoms with van der Waals surface area (Å²) >= 11 is 1.65. The third-order valence-corrected chi connectivity index (χ3v) is 3.34. The van der Waals surface area contributed by atoms with Crippen molar-refractivity contribution in [3.05, 3.63) is 29.8 Å². The van der Waals surface area contributed by atoms with Crippen LogP contribution >= 0.6 is 23.0 Å². The molecule has 3 nitrogen and oxygen atoms in total. The largest absolute Gasteiger partial charge is 0.488 e. The van der Waals surface area contributed by atoms with Gasteiger partial charge in [-0.3, -0.25) is 4.79 Å². The van der Waals surface area contributed by atoms with Gasteiger partial charge in [0.05, 0.1) is 5.92 Å². The van der Waals surface area contributed by atoms with E-state index < -0.39 is 0 Å². The average molecular weight is 360 g/mol. The highest BCUT2D eigenvalue weighted by Crippen LogP contribution is 2.48. The number of hydrogen-bond donors (Lipinski definition) is 0. The van der Waals surface area contributed by atoms with Crippen LogP contribution in [0.15, 0.2) is 24.3 Å². The second kappa shape index (κ2) is 5.07. The molecule has 0 aliphatic heterocycles. The zero-order valence-electron chi connectivity index (χ0n) is 10.8. The van der Waals surface area contributed by atoms with Crippen LogP contribution < -0.4 is 4.74 Å². The van der Waals surface area contributed by atoms with E-state index in [0.717, 1.165) is 12.2 Å². The normalized spacial score (nSPS) is 22.4. The Bertz CT molecular complexity index is 433. The average Bonchev–Trinajstić information content (AvgIpc) is 3.07. The number of halogens is 1. The van der Waals surface area contributed by atoms with Gasteiger partial charge in [0.25, 0.3) is 0 Å². The summed E-state index contributed by atoms with van der Waals surface area (Å²) in [7, 11) is 0. The van der Waals surface area contributed by atoms with Crippen LogP contribution in [0.25, 0.3) is 0 Å². The van der Waals surface area contributed by atoms with Gasteiger partial charge >= 0.3 is 5.97 Å². The summed E-state index contributed by atoms with van der Waals surface area (Å²) in [4.78, 5) is 11.4. The number of carbonyl (C=O) groups is 1. The van der Waals surface area contributed by atoms with Crippen LogP contribution in [-0.4, -0.2) is 11.6 Å². The lowest BCUT2D eigenvalue weighted by Crippen LogP contribution is -2.22. The van der Waals surface area contributed by atoms with Crippen LogP contribution in [0, 0.1) is 5.92 Å². The molecule has 0 heterocycles. The minimum absolute atomic E-state index is 0.0382. The summed E-state index contributed by atoms with van der Waals surface area (Å²) < 4.78 is 10.5. The number of ether oxygens (including phenoxy) is 1. The molecule has 0 N–H and O–H groups in total. The van der Waals surface area contributed by atoms with E-state index in [0.29, 0.717) is 5.92 Å². The fourth-order valence-corrected chi connectivity index (χ4v) is 2.34. The summed E-state index contributed by atoms with van der Waals surface area (Å²) in [5, 5.41) is 0. The third-order valence-electron chi connectivity index (χ3n) is 2.90. The Balaban J connectivity index is 1.99. The van der Waals surface area contributed by atoms with Gasteiger partial charge in [0.15, 0.2) is 23.0 Å². The predicted molar refractivity (Wildman–Crippen MR) is 77.8 cm³/mol. The first kappa shape index (κ1) is 13.6. The lowest BCUT2D eigenvalue weighted by atomic mass is 10.1. The Labute approximate surface area is 122 Å². The Morgan fingerprint density at radius 2 is 1.89 bits per heavy atom. The maximum absolute atomic E-state index is 11.4. The minimum atomic E-state index is -0.186. The van der Waals surface area contributed by atoms with Crippen molar-refractivity contribution in [2.75, 3.05) is 0 Å². The standard InChI is InChI=1S/C14H17IO3/c1-14(2,3)17-10-6-4-9(5-7-10)11-8-12(11)13(16)18-15/h4-7,11-12H,8H2,1-3H3/t11-,12+/m0/s1. The first-order chi connectivity index (χ1) is 8.40. The number of hydrogen-bond acceptors (Lipinski definition) is 3. The van der Waals surface area contributed by atoms with Gasteiger partial charge in [0.2, 0.25) is 0 Å². The van der Waals surface area contributed by atoms with Gasteiger partial charge in [-0.2, -0.15) is 0 Å². The smallest absolute Gasteiger partial charge is 0.318 e. The Morgan fingerprint density at radius 1 is 1.28 bits per heavy atom. The molecule has 2 atom stereocenters. The zero-order chi connectivity index (χ0) is 13.3. The summed E-state index contributed by atoms with van der Waals surface area (Å²) in [6.45, 7) is 6.07. The Morgan fingerprint density at radius 3 is 2.39 bits per heavy atom. The van der Waals surface area contributed by atoms with Gasteiger partial charge in [-0.1, -0.05) is 12.1 Å². The van der Waals surface area contributed by atoms with Gasteiger partial charge in [0, 0.05) is 0 Å². The molecule has 1 aliphatic rings. The molecule has 98 valence electrons. The number of rotatable bonds is 3. The molecule has 1 fully saturated rings. The van der Waals surface area contributed by atoms with Crippen molar-refractivity contribution in [3.8, 4) is 5.75 Å².